The molecule has 2 aliphatic rings. The molecule has 0 aliphatic carbocycles. The van der Waals surface area contributed by atoms with Crippen LogP contribution in [0.2, 0.25) is 0 Å². The second kappa shape index (κ2) is 8.50. The summed E-state index contributed by atoms with van der Waals surface area (Å²) in [6.45, 7) is 1.97. The SMILES string of the molecule is Cc1cccc(-c2cn(CC(=O)Nc3cccc4c3CN(C3CCC(=O)NC3=O)C4=O)nn2)n1. The van der Waals surface area contributed by atoms with E-state index in [9.17, 15) is 19.2 Å². The molecule has 0 bridgehead atoms. The minimum absolute atomic E-state index is 0.0761. The molecule has 0 radical (unpaired) electrons. The van der Waals surface area contributed by atoms with E-state index < -0.39 is 11.9 Å². The topological polar surface area (TPSA) is 139 Å². The lowest BCUT2D eigenvalue weighted by Crippen LogP contribution is -2.52. The van der Waals surface area contributed by atoms with Crippen LogP contribution in [-0.2, 0) is 27.5 Å². The van der Waals surface area contributed by atoms with Crippen LogP contribution < -0.4 is 10.6 Å². The molecule has 1 saturated heterocycles. The predicted molar refractivity (Wildman–Crippen MR) is 119 cm³/mol. The van der Waals surface area contributed by atoms with Crippen molar-refractivity contribution in [3.05, 3.63) is 59.4 Å². The van der Waals surface area contributed by atoms with Crippen molar-refractivity contribution in [2.75, 3.05) is 5.32 Å². The van der Waals surface area contributed by atoms with Crippen LogP contribution in [0.5, 0.6) is 0 Å². The fourth-order valence-corrected chi connectivity index (χ4v) is 4.22. The van der Waals surface area contributed by atoms with Gasteiger partial charge >= 0.3 is 0 Å². The number of imide groups is 1. The number of carbonyl (C=O) groups excluding carboxylic acids is 4. The molecule has 1 aromatic carbocycles. The van der Waals surface area contributed by atoms with Crippen LogP contribution in [0.15, 0.2) is 42.6 Å². The number of amides is 4. The van der Waals surface area contributed by atoms with Gasteiger partial charge in [0.15, 0.2) is 0 Å². The summed E-state index contributed by atoms with van der Waals surface area (Å²) in [6, 6.07) is 9.91. The van der Waals surface area contributed by atoms with Crippen LogP contribution in [0.25, 0.3) is 11.4 Å². The van der Waals surface area contributed by atoms with Crippen LogP contribution in [-0.4, -0.2) is 54.5 Å². The summed E-state index contributed by atoms with van der Waals surface area (Å²) in [5, 5.41) is 13.2. The number of benzene rings is 1. The first-order valence-corrected chi connectivity index (χ1v) is 10.8. The third-order valence-electron chi connectivity index (χ3n) is 5.85. The maximum absolute atomic E-state index is 12.9. The Bertz CT molecular complexity index is 1330. The maximum atomic E-state index is 12.9. The van der Waals surface area contributed by atoms with Gasteiger partial charge in [0.2, 0.25) is 17.7 Å². The highest BCUT2D eigenvalue weighted by Gasteiger charge is 2.39. The number of fused-ring (bicyclic) bond motifs is 1. The lowest BCUT2D eigenvalue weighted by molar-refractivity contribution is -0.137. The van der Waals surface area contributed by atoms with Crippen LogP contribution in [0.4, 0.5) is 5.69 Å². The van der Waals surface area contributed by atoms with Crippen LogP contribution in [0.3, 0.4) is 0 Å². The van der Waals surface area contributed by atoms with Crippen molar-refractivity contribution in [1.29, 1.82) is 0 Å². The molecule has 1 atom stereocenters. The number of aryl methyl sites for hydroxylation is 1. The van der Waals surface area contributed by atoms with Crippen LogP contribution in [0.1, 0.15) is 34.5 Å². The van der Waals surface area contributed by atoms with E-state index in [1.165, 1.54) is 9.58 Å². The van der Waals surface area contributed by atoms with Crippen LogP contribution in [0, 0.1) is 6.92 Å². The third kappa shape index (κ3) is 4.03. The fourth-order valence-electron chi connectivity index (χ4n) is 4.22. The van der Waals surface area contributed by atoms with E-state index in [2.05, 4.69) is 25.9 Å². The summed E-state index contributed by atoms with van der Waals surface area (Å²) < 4.78 is 1.42. The Hall–Kier alpha value is -4.41. The number of carbonyl (C=O) groups is 4. The Kier molecular flexibility index (Phi) is 5.36. The fraction of sp³-hybridized carbons (Fsp3) is 0.261. The number of anilines is 1. The van der Waals surface area contributed by atoms with E-state index in [0.29, 0.717) is 28.2 Å². The predicted octanol–water partition coefficient (Wildman–Crippen LogP) is 1.05. The Labute approximate surface area is 194 Å². The Balaban J connectivity index is 1.29. The molecule has 4 heterocycles. The molecule has 34 heavy (non-hydrogen) atoms. The monoisotopic (exact) mass is 459 g/mol. The number of nitrogens with zero attached hydrogens (tertiary/aromatic N) is 5. The highest BCUT2D eigenvalue weighted by Crippen LogP contribution is 2.32. The number of hydrogen-bond acceptors (Lipinski definition) is 7. The van der Waals surface area contributed by atoms with Gasteiger partial charge < -0.3 is 10.2 Å². The zero-order chi connectivity index (χ0) is 23.8. The quantitative estimate of drug-likeness (QED) is 0.544. The van der Waals surface area contributed by atoms with Gasteiger partial charge in [-0.05, 0) is 37.6 Å². The standard InChI is InChI=1S/C23H21N7O4/c1-13-4-2-7-17(24-13)18-11-29(28-27-18)12-21(32)25-16-6-3-5-14-15(16)10-30(23(14)34)19-8-9-20(31)26-22(19)33/h2-7,11,19H,8-10,12H2,1H3,(H,25,32)(H,26,31,33). The minimum Gasteiger partial charge on any atom is -0.324 e. The first-order chi connectivity index (χ1) is 16.4. The smallest absolute Gasteiger partial charge is 0.255 e. The molecule has 2 N–H and O–H groups in total. The van der Waals surface area contributed by atoms with Gasteiger partial charge in [0.05, 0.1) is 11.9 Å². The summed E-state index contributed by atoms with van der Waals surface area (Å²) in [7, 11) is 0. The summed E-state index contributed by atoms with van der Waals surface area (Å²) in [6.07, 6.45) is 2.10. The average molecular weight is 459 g/mol. The molecule has 0 spiro atoms. The summed E-state index contributed by atoms with van der Waals surface area (Å²) >= 11 is 0. The van der Waals surface area contributed by atoms with Gasteiger partial charge in [-0.15, -0.1) is 5.10 Å². The number of rotatable bonds is 5. The molecule has 4 amide bonds. The number of hydrogen-bond donors (Lipinski definition) is 2. The number of nitrogens with one attached hydrogen (secondary N) is 2. The molecule has 5 rings (SSSR count). The molecule has 1 unspecified atom stereocenters. The molecule has 11 heteroatoms. The molecular formula is C23H21N7O4. The normalized spacial score (nSPS) is 17.5. The van der Waals surface area contributed by atoms with E-state index in [-0.39, 0.29) is 43.7 Å². The molecule has 1 fully saturated rings. The zero-order valence-corrected chi connectivity index (χ0v) is 18.3. The number of piperidine rings is 1. The second-order valence-corrected chi connectivity index (χ2v) is 8.25. The van der Waals surface area contributed by atoms with E-state index in [1.54, 1.807) is 24.4 Å². The Morgan fingerprint density at radius 3 is 2.76 bits per heavy atom. The number of pyridine rings is 1. The molecular weight excluding hydrogens is 438 g/mol. The van der Waals surface area contributed by atoms with Gasteiger partial charge in [0.1, 0.15) is 18.3 Å². The zero-order valence-electron chi connectivity index (χ0n) is 18.3. The van der Waals surface area contributed by atoms with E-state index in [1.807, 2.05) is 25.1 Å². The lowest BCUT2D eigenvalue weighted by Gasteiger charge is -2.29. The molecule has 2 aromatic heterocycles. The van der Waals surface area contributed by atoms with E-state index in [4.69, 9.17) is 0 Å². The summed E-state index contributed by atoms with van der Waals surface area (Å²) in [4.78, 5) is 55.2. The Morgan fingerprint density at radius 1 is 1.15 bits per heavy atom. The Morgan fingerprint density at radius 2 is 1.97 bits per heavy atom. The van der Waals surface area contributed by atoms with Crippen molar-refractivity contribution in [2.45, 2.75) is 38.9 Å². The molecule has 11 nitrogen and oxygen atoms in total. The summed E-state index contributed by atoms with van der Waals surface area (Å²) in [5.74, 6) is -1.46. The van der Waals surface area contributed by atoms with Gasteiger partial charge in [0, 0.05) is 35.5 Å². The third-order valence-corrected chi connectivity index (χ3v) is 5.85. The van der Waals surface area contributed by atoms with Crippen molar-refractivity contribution >= 4 is 29.3 Å². The minimum atomic E-state index is -0.718. The highest BCUT2D eigenvalue weighted by atomic mass is 16.2. The second-order valence-electron chi connectivity index (χ2n) is 8.25. The molecule has 172 valence electrons. The van der Waals surface area contributed by atoms with Gasteiger partial charge in [-0.25, -0.2) is 4.68 Å². The highest BCUT2D eigenvalue weighted by molar-refractivity contribution is 6.06. The summed E-state index contributed by atoms with van der Waals surface area (Å²) in [5.41, 5.74) is 3.63. The lowest BCUT2D eigenvalue weighted by atomic mass is 10.0. The van der Waals surface area contributed by atoms with Crippen molar-refractivity contribution in [2.24, 2.45) is 0 Å². The van der Waals surface area contributed by atoms with Gasteiger partial charge in [-0.2, -0.15) is 0 Å². The average Bonchev–Trinajstić information content (AvgIpc) is 3.39. The van der Waals surface area contributed by atoms with Crippen molar-refractivity contribution in [3.8, 4) is 11.4 Å². The van der Waals surface area contributed by atoms with Gasteiger partial charge in [-0.1, -0.05) is 17.3 Å². The van der Waals surface area contributed by atoms with Crippen molar-refractivity contribution in [1.82, 2.24) is 30.2 Å². The molecule has 0 saturated carbocycles. The van der Waals surface area contributed by atoms with E-state index >= 15 is 0 Å². The number of aromatic nitrogens is 4. The van der Waals surface area contributed by atoms with Gasteiger partial charge in [0.25, 0.3) is 5.91 Å². The van der Waals surface area contributed by atoms with Crippen LogP contribution >= 0.6 is 0 Å². The molecule has 3 aromatic rings. The first kappa shape index (κ1) is 21.4. The largest absolute Gasteiger partial charge is 0.324 e. The van der Waals surface area contributed by atoms with Crippen molar-refractivity contribution < 1.29 is 19.2 Å². The van der Waals surface area contributed by atoms with Gasteiger partial charge in [-0.3, -0.25) is 29.5 Å². The first-order valence-electron chi connectivity index (χ1n) is 10.8. The van der Waals surface area contributed by atoms with Crippen molar-refractivity contribution in [3.63, 3.8) is 0 Å². The van der Waals surface area contributed by atoms with E-state index in [0.717, 1.165) is 5.69 Å². The maximum Gasteiger partial charge on any atom is 0.255 e. The molecule has 2 aliphatic heterocycles.